The molecule has 0 aliphatic carbocycles. The first-order valence-corrected chi connectivity index (χ1v) is 8.86. The van der Waals surface area contributed by atoms with Crippen LogP contribution in [0.25, 0.3) is 0 Å². The quantitative estimate of drug-likeness (QED) is 0.748. The van der Waals surface area contributed by atoms with Gasteiger partial charge in [0, 0.05) is 50.8 Å². The molecule has 1 aromatic carbocycles. The number of Topliss-reactive ketones (excluding diaryl/α,β-unsaturated/α-hetero) is 1. The maximum atomic E-state index is 12.9. The second-order valence-corrected chi connectivity index (χ2v) is 6.34. The van der Waals surface area contributed by atoms with E-state index in [1.54, 1.807) is 6.20 Å². The van der Waals surface area contributed by atoms with E-state index in [2.05, 4.69) is 9.88 Å². The lowest BCUT2D eigenvalue weighted by atomic mass is 10.1. The number of carbonyl (C=O) groups excluding carboxylic acids is 2. The number of pyridine rings is 1. The van der Waals surface area contributed by atoms with E-state index in [4.69, 9.17) is 0 Å². The zero-order chi connectivity index (χ0) is 18.4. The van der Waals surface area contributed by atoms with Gasteiger partial charge in [0.25, 0.3) is 0 Å². The van der Waals surface area contributed by atoms with Crippen LogP contribution in [0.2, 0.25) is 0 Å². The second kappa shape index (κ2) is 8.56. The van der Waals surface area contributed by atoms with Crippen LogP contribution in [0.5, 0.6) is 0 Å². The molecule has 0 bridgehead atoms. The van der Waals surface area contributed by atoms with E-state index in [1.807, 2.05) is 23.1 Å². The summed E-state index contributed by atoms with van der Waals surface area (Å²) in [7, 11) is 0. The molecular weight excluding hydrogens is 333 g/mol. The molecule has 1 amide bonds. The van der Waals surface area contributed by atoms with Gasteiger partial charge in [-0.15, -0.1) is 0 Å². The highest BCUT2D eigenvalue weighted by molar-refractivity contribution is 5.96. The van der Waals surface area contributed by atoms with E-state index in [-0.39, 0.29) is 17.5 Å². The fourth-order valence-corrected chi connectivity index (χ4v) is 3.06. The number of benzene rings is 1. The summed E-state index contributed by atoms with van der Waals surface area (Å²) >= 11 is 0. The zero-order valence-electron chi connectivity index (χ0n) is 14.6. The number of anilines is 1. The van der Waals surface area contributed by atoms with Crippen LogP contribution in [0, 0.1) is 5.82 Å². The average molecular weight is 355 g/mol. The van der Waals surface area contributed by atoms with Gasteiger partial charge in [-0.1, -0.05) is 6.07 Å². The van der Waals surface area contributed by atoms with Crippen LogP contribution in [-0.2, 0) is 4.79 Å². The first-order valence-electron chi connectivity index (χ1n) is 8.86. The number of ketones is 1. The van der Waals surface area contributed by atoms with Crippen LogP contribution in [0.3, 0.4) is 0 Å². The number of carbonyl (C=O) groups is 2. The Morgan fingerprint density at radius 1 is 0.962 bits per heavy atom. The molecule has 2 aromatic rings. The number of nitrogens with zero attached hydrogens (tertiary/aromatic N) is 3. The van der Waals surface area contributed by atoms with Crippen LogP contribution >= 0.6 is 0 Å². The Morgan fingerprint density at radius 2 is 1.69 bits per heavy atom. The predicted octanol–water partition coefficient (Wildman–Crippen LogP) is 2.92. The molecule has 0 spiro atoms. The van der Waals surface area contributed by atoms with Crippen molar-refractivity contribution in [3.8, 4) is 0 Å². The molecule has 1 fully saturated rings. The Bertz CT molecular complexity index is 741. The van der Waals surface area contributed by atoms with Crippen LogP contribution in [0.15, 0.2) is 48.7 Å². The fourth-order valence-electron chi connectivity index (χ4n) is 3.06. The van der Waals surface area contributed by atoms with Gasteiger partial charge in [0.15, 0.2) is 5.78 Å². The van der Waals surface area contributed by atoms with Gasteiger partial charge < -0.3 is 9.80 Å². The monoisotopic (exact) mass is 355 g/mol. The lowest BCUT2D eigenvalue weighted by Gasteiger charge is -2.35. The number of aromatic nitrogens is 1. The van der Waals surface area contributed by atoms with Crippen molar-refractivity contribution >= 4 is 17.5 Å². The summed E-state index contributed by atoms with van der Waals surface area (Å²) in [5, 5.41) is 0. The maximum absolute atomic E-state index is 12.9. The van der Waals surface area contributed by atoms with Crippen LogP contribution < -0.4 is 4.90 Å². The second-order valence-electron chi connectivity index (χ2n) is 6.34. The first-order chi connectivity index (χ1) is 12.6. The topological polar surface area (TPSA) is 53.5 Å². The number of hydrogen-bond donors (Lipinski definition) is 0. The largest absolute Gasteiger partial charge is 0.353 e. The van der Waals surface area contributed by atoms with Crippen molar-refractivity contribution in [3.05, 3.63) is 60.0 Å². The number of rotatable bonds is 6. The molecule has 5 nitrogen and oxygen atoms in total. The van der Waals surface area contributed by atoms with Gasteiger partial charge in [-0.3, -0.25) is 9.59 Å². The van der Waals surface area contributed by atoms with Gasteiger partial charge >= 0.3 is 0 Å². The minimum Gasteiger partial charge on any atom is -0.353 e. The normalized spacial score (nSPS) is 14.3. The van der Waals surface area contributed by atoms with E-state index in [0.29, 0.717) is 37.9 Å². The summed E-state index contributed by atoms with van der Waals surface area (Å²) < 4.78 is 12.9. The van der Waals surface area contributed by atoms with Gasteiger partial charge in [0.1, 0.15) is 11.6 Å². The highest BCUT2D eigenvalue weighted by Crippen LogP contribution is 2.14. The molecule has 0 N–H and O–H groups in total. The van der Waals surface area contributed by atoms with Crippen molar-refractivity contribution in [2.24, 2.45) is 0 Å². The van der Waals surface area contributed by atoms with E-state index in [0.717, 1.165) is 18.9 Å². The Hall–Kier alpha value is -2.76. The molecule has 6 heteroatoms. The van der Waals surface area contributed by atoms with Crippen LogP contribution in [-0.4, -0.2) is 47.8 Å². The van der Waals surface area contributed by atoms with Crippen molar-refractivity contribution in [2.45, 2.75) is 19.3 Å². The van der Waals surface area contributed by atoms with Gasteiger partial charge in [-0.2, -0.15) is 0 Å². The highest BCUT2D eigenvalue weighted by Gasteiger charge is 2.21. The summed E-state index contributed by atoms with van der Waals surface area (Å²) in [5.74, 6) is 0.599. The first kappa shape index (κ1) is 18.0. The molecule has 1 aromatic heterocycles. The fraction of sp³-hybridized carbons (Fsp3) is 0.350. The van der Waals surface area contributed by atoms with Gasteiger partial charge in [0.2, 0.25) is 5.91 Å². The van der Waals surface area contributed by atoms with E-state index in [9.17, 15) is 14.0 Å². The minimum absolute atomic E-state index is 0.0576. The van der Waals surface area contributed by atoms with Gasteiger partial charge in [-0.25, -0.2) is 9.37 Å². The Morgan fingerprint density at radius 3 is 2.35 bits per heavy atom. The van der Waals surface area contributed by atoms with Crippen molar-refractivity contribution in [1.29, 1.82) is 0 Å². The molecule has 3 rings (SSSR count). The molecule has 0 unspecified atom stereocenters. The molecule has 26 heavy (non-hydrogen) atoms. The summed E-state index contributed by atoms with van der Waals surface area (Å²) in [5.41, 5.74) is 0.489. The summed E-state index contributed by atoms with van der Waals surface area (Å²) in [6, 6.07) is 11.3. The van der Waals surface area contributed by atoms with Crippen molar-refractivity contribution in [1.82, 2.24) is 9.88 Å². The smallest absolute Gasteiger partial charge is 0.222 e. The molecule has 1 aliphatic heterocycles. The highest BCUT2D eigenvalue weighted by atomic mass is 19.1. The molecule has 1 saturated heterocycles. The number of piperazine rings is 1. The van der Waals surface area contributed by atoms with Crippen molar-refractivity contribution < 1.29 is 14.0 Å². The number of halogens is 1. The molecule has 0 atom stereocenters. The molecule has 0 saturated carbocycles. The number of amides is 1. The van der Waals surface area contributed by atoms with E-state index >= 15 is 0 Å². The van der Waals surface area contributed by atoms with Crippen LogP contribution in [0.4, 0.5) is 10.2 Å². The van der Waals surface area contributed by atoms with Gasteiger partial charge in [0.05, 0.1) is 0 Å². The Balaban J connectivity index is 1.40. The lowest BCUT2D eigenvalue weighted by Crippen LogP contribution is -2.49. The number of hydrogen-bond acceptors (Lipinski definition) is 4. The third-order valence-corrected chi connectivity index (χ3v) is 4.57. The maximum Gasteiger partial charge on any atom is 0.222 e. The third kappa shape index (κ3) is 4.65. The van der Waals surface area contributed by atoms with E-state index < -0.39 is 0 Å². The van der Waals surface area contributed by atoms with Gasteiger partial charge in [-0.05, 0) is 42.8 Å². The summed E-state index contributed by atoms with van der Waals surface area (Å²) in [6.45, 7) is 2.86. The Labute approximate surface area is 152 Å². The average Bonchev–Trinajstić information content (AvgIpc) is 2.69. The minimum atomic E-state index is -0.360. The lowest BCUT2D eigenvalue weighted by molar-refractivity contribution is -0.131. The molecule has 136 valence electrons. The molecule has 1 aliphatic rings. The predicted molar refractivity (Wildman–Crippen MR) is 97.6 cm³/mol. The molecular formula is C20H22FN3O2. The SMILES string of the molecule is O=C(CCCC(=O)N1CCN(c2ccccn2)CC1)c1ccc(F)cc1. The molecule has 2 heterocycles. The van der Waals surface area contributed by atoms with Crippen molar-refractivity contribution in [2.75, 3.05) is 31.1 Å². The van der Waals surface area contributed by atoms with Crippen molar-refractivity contribution in [3.63, 3.8) is 0 Å². The zero-order valence-corrected chi connectivity index (χ0v) is 14.6. The third-order valence-electron chi connectivity index (χ3n) is 4.57. The Kier molecular flexibility index (Phi) is 5.94. The van der Waals surface area contributed by atoms with Crippen LogP contribution in [0.1, 0.15) is 29.6 Å². The van der Waals surface area contributed by atoms with E-state index in [1.165, 1.54) is 24.3 Å². The standard InChI is InChI=1S/C20H22FN3O2/c21-17-9-7-16(8-10-17)18(25)4-3-6-20(26)24-14-12-23(13-15-24)19-5-1-2-11-22-19/h1-2,5,7-11H,3-4,6,12-15H2. The molecule has 0 radical (unpaired) electrons. The summed E-state index contributed by atoms with van der Waals surface area (Å²) in [4.78, 5) is 32.7. The summed E-state index contributed by atoms with van der Waals surface area (Å²) in [6.07, 6.45) is 2.93.